The van der Waals surface area contributed by atoms with Crippen LogP contribution in [-0.4, -0.2) is 38.7 Å². The second kappa shape index (κ2) is 6.38. The highest BCUT2D eigenvalue weighted by Gasteiger charge is 2.40. The van der Waals surface area contributed by atoms with Gasteiger partial charge in [-0.25, -0.2) is 4.79 Å². The van der Waals surface area contributed by atoms with E-state index >= 15 is 0 Å². The lowest BCUT2D eigenvalue weighted by atomic mass is 10.1. The first-order chi connectivity index (χ1) is 9.32. The van der Waals surface area contributed by atoms with E-state index in [1.54, 1.807) is 0 Å². The fraction of sp³-hybridized carbons (Fsp3) is 0.938. The van der Waals surface area contributed by atoms with E-state index < -0.39 is 20.0 Å². The second-order valence-electron chi connectivity index (χ2n) is 8.43. The topological polar surface area (TPSA) is 44.8 Å². The summed E-state index contributed by atoms with van der Waals surface area (Å²) in [6.07, 6.45) is 1.19. The molecule has 4 nitrogen and oxygen atoms in total. The molecule has 0 radical (unpaired) electrons. The van der Waals surface area contributed by atoms with Crippen LogP contribution < -0.4 is 0 Å². The Labute approximate surface area is 130 Å². The number of rotatable bonds is 3. The largest absolute Gasteiger partial charge is 0.458 e. The maximum atomic E-state index is 12.0. The van der Waals surface area contributed by atoms with Gasteiger partial charge in [0, 0.05) is 0 Å². The van der Waals surface area contributed by atoms with E-state index in [9.17, 15) is 4.79 Å². The number of carbonyl (C=O) groups excluding carboxylic acids is 1. The Kier molecular flexibility index (Phi) is 5.67. The molecular weight excluding hydrogens is 284 g/mol. The van der Waals surface area contributed by atoms with Crippen molar-refractivity contribution in [2.45, 2.75) is 90.3 Å². The molecule has 2 atom stereocenters. The molecule has 0 aliphatic carbocycles. The summed E-state index contributed by atoms with van der Waals surface area (Å²) in [5.41, 5.74) is -0.463. The number of hydrogen-bond acceptors (Lipinski definition) is 4. The average Bonchev–Trinajstić information content (AvgIpc) is 2.25. The molecule has 0 bridgehead atoms. The molecule has 1 aliphatic heterocycles. The van der Waals surface area contributed by atoms with Gasteiger partial charge in [0.2, 0.25) is 0 Å². The Morgan fingerprint density at radius 3 is 2.05 bits per heavy atom. The quantitative estimate of drug-likeness (QED) is 0.585. The second-order valence-corrected chi connectivity index (χ2v) is 13.2. The molecule has 2 unspecified atom stereocenters. The van der Waals surface area contributed by atoms with E-state index in [4.69, 9.17) is 13.9 Å². The van der Waals surface area contributed by atoms with Crippen molar-refractivity contribution in [3.8, 4) is 0 Å². The van der Waals surface area contributed by atoms with E-state index in [2.05, 4.69) is 33.9 Å². The lowest BCUT2D eigenvalue weighted by molar-refractivity contribution is -0.174. The summed E-state index contributed by atoms with van der Waals surface area (Å²) < 4.78 is 17.4. The van der Waals surface area contributed by atoms with Gasteiger partial charge in [0.1, 0.15) is 5.60 Å². The Morgan fingerprint density at radius 2 is 1.67 bits per heavy atom. The van der Waals surface area contributed by atoms with E-state index in [0.29, 0.717) is 13.0 Å². The van der Waals surface area contributed by atoms with Gasteiger partial charge in [0.25, 0.3) is 0 Å². The zero-order chi connectivity index (χ0) is 16.5. The first kappa shape index (κ1) is 18.7. The predicted molar refractivity (Wildman–Crippen MR) is 86.9 cm³/mol. The van der Waals surface area contributed by atoms with Crippen molar-refractivity contribution in [3.63, 3.8) is 0 Å². The summed E-state index contributed by atoms with van der Waals surface area (Å²) >= 11 is 0. The molecule has 0 amide bonds. The third kappa shape index (κ3) is 5.72. The van der Waals surface area contributed by atoms with Crippen LogP contribution in [0.1, 0.15) is 54.4 Å². The van der Waals surface area contributed by atoms with Crippen LogP contribution in [0.2, 0.25) is 18.1 Å². The highest BCUT2D eigenvalue weighted by molar-refractivity contribution is 6.74. The summed E-state index contributed by atoms with van der Waals surface area (Å²) in [4.78, 5) is 12.0. The van der Waals surface area contributed by atoms with Crippen molar-refractivity contribution >= 4 is 14.3 Å². The third-order valence-electron chi connectivity index (χ3n) is 4.17. The molecule has 1 heterocycles. The minimum atomic E-state index is -1.78. The zero-order valence-corrected chi connectivity index (χ0v) is 15.9. The zero-order valence-electron chi connectivity index (χ0n) is 14.9. The smallest absolute Gasteiger partial charge is 0.335 e. The summed E-state index contributed by atoms with van der Waals surface area (Å²) in [6, 6.07) is 0. The summed E-state index contributed by atoms with van der Waals surface area (Å²) in [5, 5.41) is 0.189. The monoisotopic (exact) mass is 316 g/mol. The summed E-state index contributed by atoms with van der Waals surface area (Å²) in [6.45, 7) is 17.3. The molecule has 0 saturated carbocycles. The van der Waals surface area contributed by atoms with Crippen molar-refractivity contribution in [3.05, 3.63) is 0 Å². The van der Waals surface area contributed by atoms with Crippen LogP contribution in [0, 0.1) is 0 Å². The normalized spacial score (nSPS) is 24.8. The molecule has 5 heteroatoms. The van der Waals surface area contributed by atoms with Gasteiger partial charge in [-0.15, -0.1) is 0 Å². The van der Waals surface area contributed by atoms with E-state index in [0.717, 1.165) is 6.42 Å². The first-order valence-corrected chi connectivity index (χ1v) is 10.7. The molecule has 1 saturated heterocycles. The first-order valence-electron chi connectivity index (χ1n) is 7.84. The fourth-order valence-electron chi connectivity index (χ4n) is 1.97. The maximum absolute atomic E-state index is 12.0. The summed E-state index contributed by atoms with van der Waals surface area (Å²) in [5.74, 6) is -0.256. The molecular formula is C16H32O4Si. The van der Waals surface area contributed by atoms with Gasteiger partial charge < -0.3 is 13.9 Å². The molecule has 124 valence electrons. The Hall–Kier alpha value is -0.393. The lowest BCUT2D eigenvalue weighted by Crippen LogP contribution is -2.47. The minimum absolute atomic E-state index is 0.101. The van der Waals surface area contributed by atoms with Crippen LogP contribution >= 0.6 is 0 Å². The molecule has 0 N–H and O–H groups in total. The molecule has 0 aromatic rings. The molecule has 1 aliphatic rings. The van der Waals surface area contributed by atoms with Gasteiger partial charge >= 0.3 is 5.97 Å². The highest BCUT2D eigenvalue weighted by Crippen LogP contribution is 2.38. The Bertz CT molecular complexity index is 357. The standard InChI is InChI=1S/C16H32O4Si/c1-15(2,3)19-14(17)13-10-9-12(11-18-13)20-21(7,8)16(4,5)6/h12-13H,9-11H2,1-8H3. The van der Waals surface area contributed by atoms with E-state index in [-0.39, 0.29) is 17.1 Å². The van der Waals surface area contributed by atoms with Crippen molar-refractivity contribution in [1.29, 1.82) is 0 Å². The maximum Gasteiger partial charge on any atom is 0.335 e. The van der Waals surface area contributed by atoms with Gasteiger partial charge in [-0.3, -0.25) is 0 Å². The number of hydrogen-bond donors (Lipinski definition) is 0. The Balaban J connectivity index is 2.48. The van der Waals surface area contributed by atoms with Crippen LogP contribution in [0.5, 0.6) is 0 Å². The molecule has 0 spiro atoms. The van der Waals surface area contributed by atoms with Gasteiger partial charge in [-0.1, -0.05) is 20.8 Å². The van der Waals surface area contributed by atoms with Crippen molar-refractivity contribution in [2.24, 2.45) is 0 Å². The molecule has 1 fully saturated rings. The number of carbonyl (C=O) groups is 1. The number of esters is 1. The fourth-order valence-corrected chi connectivity index (χ4v) is 3.34. The molecule has 0 aromatic heterocycles. The van der Waals surface area contributed by atoms with Gasteiger partial charge in [0.15, 0.2) is 14.4 Å². The lowest BCUT2D eigenvalue weighted by Gasteiger charge is -2.41. The number of ether oxygens (including phenoxy) is 2. The van der Waals surface area contributed by atoms with Crippen molar-refractivity contribution < 1.29 is 18.7 Å². The van der Waals surface area contributed by atoms with Crippen LogP contribution in [-0.2, 0) is 18.7 Å². The van der Waals surface area contributed by atoms with Gasteiger partial charge in [-0.05, 0) is 51.7 Å². The van der Waals surface area contributed by atoms with Crippen LogP contribution in [0.4, 0.5) is 0 Å². The third-order valence-corrected chi connectivity index (χ3v) is 8.71. The highest BCUT2D eigenvalue weighted by atomic mass is 28.4. The van der Waals surface area contributed by atoms with Crippen molar-refractivity contribution in [2.75, 3.05) is 6.61 Å². The minimum Gasteiger partial charge on any atom is -0.458 e. The van der Waals surface area contributed by atoms with Gasteiger partial charge in [0.05, 0.1) is 12.7 Å². The van der Waals surface area contributed by atoms with Crippen molar-refractivity contribution in [1.82, 2.24) is 0 Å². The average molecular weight is 317 g/mol. The Morgan fingerprint density at radius 1 is 1.10 bits per heavy atom. The SMILES string of the molecule is CC(C)(C)OC(=O)C1CCC(O[Si](C)(C)C(C)(C)C)CO1. The van der Waals surface area contributed by atoms with E-state index in [1.807, 2.05) is 20.8 Å². The molecule has 21 heavy (non-hydrogen) atoms. The van der Waals surface area contributed by atoms with Crippen LogP contribution in [0.3, 0.4) is 0 Å². The summed E-state index contributed by atoms with van der Waals surface area (Å²) in [7, 11) is -1.78. The molecule has 0 aromatic carbocycles. The molecule has 1 rings (SSSR count). The predicted octanol–water partition coefficient (Wildman–Crippen LogP) is 3.90. The van der Waals surface area contributed by atoms with Crippen LogP contribution in [0.15, 0.2) is 0 Å². The van der Waals surface area contributed by atoms with E-state index in [1.165, 1.54) is 0 Å². The van der Waals surface area contributed by atoms with Gasteiger partial charge in [-0.2, -0.15) is 0 Å². The van der Waals surface area contributed by atoms with Crippen LogP contribution in [0.25, 0.3) is 0 Å².